The summed E-state index contributed by atoms with van der Waals surface area (Å²) >= 11 is 5.84. The summed E-state index contributed by atoms with van der Waals surface area (Å²) in [4.78, 5) is 3.89. The Morgan fingerprint density at radius 3 is 2.92 bits per heavy atom. The third-order valence-corrected chi connectivity index (χ3v) is 2.01. The number of hydrogen-bond acceptors (Lipinski definition) is 2. The second-order valence-corrected chi connectivity index (χ2v) is 3.17. The Labute approximate surface area is 81.2 Å². The van der Waals surface area contributed by atoms with E-state index in [9.17, 15) is 0 Å². The topological polar surface area (TPSA) is 26.0 Å². The molecule has 2 aromatic rings. The number of aryl methyl sites for hydroxylation is 1. The Morgan fingerprint density at radius 2 is 2.31 bits per heavy atom. The van der Waals surface area contributed by atoms with Crippen molar-refractivity contribution in [2.45, 2.75) is 6.92 Å². The average molecular weight is 193 g/mol. The lowest BCUT2D eigenvalue weighted by molar-refractivity contribution is 0.561. The average Bonchev–Trinajstić information content (AvgIpc) is 2.51. The lowest BCUT2D eigenvalue weighted by Crippen LogP contribution is -1.78. The van der Waals surface area contributed by atoms with Gasteiger partial charge in [0.15, 0.2) is 5.76 Å². The van der Waals surface area contributed by atoms with Gasteiger partial charge in [-0.1, -0.05) is 23.7 Å². The van der Waals surface area contributed by atoms with Gasteiger partial charge in [-0.2, -0.15) is 0 Å². The van der Waals surface area contributed by atoms with Gasteiger partial charge >= 0.3 is 0 Å². The van der Waals surface area contributed by atoms with Crippen molar-refractivity contribution in [3.63, 3.8) is 0 Å². The molecule has 1 aromatic carbocycles. The van der Waals surface area contributed by atoms with Crippen LogP contribution in [0.25, 0.3) is 11.3 Å². The molecule has 65 valence electrons. The standard InChI is InChI=1S/C10H7ClNO/c1-7-10(13-6-12-7)8-3-2-4-9(11)5-8/h2-5H,1H3. The SMILES string of the molecule is Cc1n[c]oc1-c1cccc(Cl)c1. The van der Waals surface area contributed by atoms with Gasteiger partial charge in [-0.05, 0) is 19.1 Å². The maximum absolute atomic E-state index is 5.84. The molecule has 1 radical (unpaired) electrons. The van der Waals surface area contributed by atoms with Crippen LogP contribution in [-0.2, 0) is 0 Å². The monoisotopic (exact) mass is 192 g/mol. The highest BCUT2D eigenvalue weighted by molar-refractivity contribution is 6.30. The van der Waals surface area contributed by atoms with E-state index >= 15 is 0 Å². The molecule has 0 bridgehead atoms. The van der Waals surface area contributed by atoms with E-state index in [-0.39, 0.29) is 0 Å². The van der Waals surface area contributed by atoms with Crippen LogP contribution >= 0.6 is 11.6 Å². The highest BCUT2D eigenvalue weighted by atomic mass is 35.5. The second kappa shape index (κ2) is 3.23. The van der Waals surface area contributed by atoms with Gasteiger partial charge in [0, 0.05) is 10.6 Å². The van der Waals surface area contributed by atoms with E-state index in [1.54, 1.807) is 0 Å². The number of nitrogens with zero attached hydrogens (tertiary/aromatic N) is 1. The first-order chi connectivity index (χ1) is 6.27. The molecule has 1 heterocycles. The van der Waals surface area contributed by atoms with Gasteiger partial charge < -0.3 is 4.42 Å². The van der Waals surface area contributed by atoms with Gasteiger partial charge in [0.05, 0.1) is 5.69 Å². The zero-order valence-electron chi connectivity index (χ0n) is 7.04. The summed E-state index contributed by atoms with van der Waals surface area (Å²) in [7, 11) is 0. The van der Waals surface area contributed by atoms with Crippen molar-refractivity contribution in [3.8, 4) is 11.3 Å². The molecular formula is C10H7ClNO. The van der Waals surface area contributed by atoms with Crippen molar-refractivity contribution < 1.29 is 4.42 Å². The lowest BCUT2D eigenvalue weighted by Gasteiger charge is -1.97. The van der Waals surface area contributed by atoms with Gasteiger partial charge in [-0.15, -0.1) is 0 Å². The Morgan fingerprint density at radius 1 is 1.46 bits per heavy atom. The first-order valence-electron chi connectivity index (χ1n) is 3.87. The van der Waals surface area contributed by atoms with Crippen LogP contribution in [0.1, 0.15) is 5.69 Å². The Kier molecular flexibility index (Phi) is 2.07. The van der Waals surface area contributed by atoms with Crippen molar-refractivity contribution in [2.24, 2.45) is 0 Å². The van der Waals surface area contributed by atoms with Crippen LogP contribution in [0.2, 0.25) is 5.02 Å². The molecule has 0 saturated heterocycles. The van der Waals surface area contributed by atoms with Crippen molar-refractivity contribution >= 4 is 11.6 Å². The number of halogens is 1. The Hall–Kier alpha value is -1.28. The number of rotatable bonds is 1. The van der Waals surface area contributed by atoms with Gasteiger partial charge in [-0.3, -0.25) is 0 Å². The number of benzene rings is 1. The predicted molar refractivity (Wildman–Crippen MR) is 50.5 cm³/mol. The van der Waals surface area contributed by atoms with E-state index in [4.69, 9.17) is 16.0 Å². The molecule has 3 heteroatoms. The summed E-state index contributed by atoms with van der Waals surface area (Å²) in [5, 5.41) is 0.688. The fraction of sp³-hybridized carbons (Fsp3) is 0.100. The molecule has 0 aliphatic carbocycles. The van der Waals surface area contributed by atoms with Crippen molar-refractivity contribution in [1.82, 2.24) is 4.98 Å². The van der Waals surface area contributed by atoms with Crippen LogP contribution in [0.4, 0.5) is 0 Å². The molecule has 0 fully saturated rings. The van der Waals surface area contributed by atoms with E-state index < -0.39 is 0 Å². The smallest absolute Gasteiger partial charge is 0.284 e. The fourth-order valence-corrected chi connectivity index (χ4v) is 1.35. The number of aromatic nitrogens is 1. The van der Waals surface area contributed by atoms with Crippen LogP contribution in [0.15, 0.2) is 28.7 Å². The summed E-state index contributed by atoms with van der Waals surface area (Å²) in [6, 6.07) is 7.45. The minimum Gasteiger partial charge on any atom is -0.432 e. The van der Waals surface area contributed by atoms with Crippen molar-refractivity contribution in [3.05, 3.63) is 41.4 Å². The quantitative estimate of drug-likeness (QED) is 0.694. The molecule has 0 unspecified atom stereocenters. The molecule has 0 N–H and O–H groups in total. The zero-order valence-corrected chi connectivity index (χ0v) is 7.80. The third kappa shape index (κ3) is 1.58. The molecule has 2 rings (SSSR count). The fourth-order valence-electron chi connectivity index (χ4n) is 1.16. The molecular weight excluding hydrogens is 186 g/mol. The first-order valence-corrected chi connectivity index (χ1v) is 4.24. The summed E-state index contributed by atoms with van der Waals surface area (Å²) in [5.41, 5.74) is 1.75. The van der Waals surface area contributed by atoms with Gasteiger partial charge in [-0.25, -0.2) is 4.98 Å². The molecule has 0 aliphatic rings. The summed E-state index contributed by atoms with van der Waals surface area (Å²) < 4.78 is 5.11. The van der Waals surface area contributed by atoms with Gasteiger partial charge in [0.2, 0.25) is 0 Å². The van der Waals surface area contributed by atoms with Crippen LogP contribution in [0.5, 0.6) is 0 Å². The molecule has 2 nitrogen and oxygen atoms in total. The predicted octanol–water partition coefficient (Wildman–Crippen LogP) is 3.10. The van der Waals surface area contributed by atoms with E-state index in [1.807, 2.05) is 31.2 Å². The zero-order chi connectivity index (χ0) is 9.26. The first kappa shape index (κ1) is 8.32. The van der Waals surface area contributed by atoms with Crippen LogP contribution < -0.4 is 0 Å². The van der Waals surface area contributed by atoms with Crippen molar-refractivity contribution in [2.75, 3.05) is 0 Å². The highest BCUT2D eigenvalue weighted by Crippen LogP contribution is 2.24. The summed E-state index contributed by atoms with van der Waals surface area (Å²) in [6.45, 7) is 1.87. The normalized spacial score (nSPS) is 10.3. The molecule has 0 amide bonds. The maximum atomic E-state index is 5.84. The van der Waals surface area contributed by atoms with Crippen LogP contribution in [-0.4, -0.2) is 4.98 Å². The van der Waals surface area contributed by atoms with E-state index in [2.05, 4.69) is 11.4 Å². The van der Waals surface area contributed by atoms with E-state index in [0.717, 1.165) is 17.0 Å². The number of hydrogen-bond donors (Lipinski definition) is 0. The molecule has 0 atom stereocenters. The van der Waals surface area contributed by atoms with E-state index in [1.165, 1.54) is 0 Å². The molecule has 0 saturated carbocycles. The minimum absolute atomic E-state index is 0.688. The van der Waals surface area contributed by atoms with Crippen molar-refractivity contribution in [1.29, 1.82) is 0 Å². The lowest BCUT2D eigenvalue weighted by atomic mass is 10.1. The molecule has 1 aromatic heterocycles. The van der Waals surface area contributed by atoms with E-state index in [0.29, 0.717) is 5.02 Å². The molecule has 13 heavy (non-hydrogen) atoms. The Bertz CT molecular complexity index is 422. The highest BCUT2D eigenvalue weighted by Gasteiger charge is 2.06. The number of oxazole rings is 1. The van der Waals surface area contributed by atoms with Crippen LogP contribution in [0.3, 0.4) is 0 Å². The summed E-state index contributed by atoms with van der Waals surface area (Å²) in [5.74, 6) is 0.725. The van der Waals surface area contributed by atoms with Crippen LogP contribution in [0, 0.1) is 13.3 Å². The molecule has 0 spiro atoms. The maximum Gasteiger partial charge on any atom is 0.284 e. The second-order valence-electron chi connectivity index (χ2n) is 2.73. The van der Waals surface area contributed by atoms with Gasteiger partial charge in [0.25, 0.3) is 6.39 Å². The van der Waals surface area contributed by atoms with Gasteiger partial charge in [0.1, 0.15) is 0 Å². The largest absolute Gasteiger partial charge is 0.432 e. The third-order valence-electron chi connectivity index (χ3n) is 1.78. The summed E-state index contributed by atoms with van der Waals surface area (Å²) in [6.07, 6.45) is 2.45. The molecule has 0 aliphatic heterocycles. The Balaban J connectivity index is 2.53. The minimum atomic E-state index is 0.688.